The number of aryl methyl sites for hydroxylation is 1. The summed E-state index contributed by atoms with van der Waals surface area (Å²) >= 11 is 12.6. The minimum absolute atomic E-state index is 0.193. The average Bonchev–Trinajstić information content (AvgIpc) is 2.71. The van der Waals surface area contributed by atoms with E-state index < -0.39 is 5.97 Å². The molecule has 0 aliphatic carbocycles. The van der Waals surface area contributed by atoms with Gasteiger partial charge in [0, 0.05) is 37.4 Å². The summed E-state index contributed by atoms with van der Waals surface area (Å²) in [4.78, 5) is 28.8. The SMILES string of the molecule is Cc1cc(CN2CCC(C(=O)O)CC2)cnc1C1CN(c2c(Cl)cccc2Cl)C1.O=CO. The number of benzene rings is 1. The number of likely N-dealkylation sites (tertiary alicyclic amines) is 1. The van der Waals surface area contributed by atoms with Gasteiger partial charge in [0.25, 0.3) is 6.47 Å². The average molecular weight is 480 g/mol. The zero-order valence-electron chi connectivity index (χ0n) is 17.9. The van der Waals surface area contributed by atoms with E-state index in [2.05, 4.69) is 22.8 Å². The maximum atomic E-state index is 11.1. The Morgan fingerprint density at radius 2 is 1.81 bits per heavy atom. The van der Waals surface area contributed by atoms with Gasteiger partial charge >= 0.3 is 5.97 Å². The number of carboxylic acid groups (broad SMARTS) is 2. The lowest BCUT2D eigenvalue weighted by atomic mass is 9.91. The molecular weight excluding hydrogens is 453 g/mol. The summed E-state index contributed by atoms with van der Waals surface area (Å²) in [6.45, 7) is 6.07. The third kappa shape index (κ3) is 5.71. The summed E-state index contributed by atoms with van der Waals surface area (Å²) in [6, 6.07) is 7.82. The molecule has 2 fully saturated rings. The summed E-state index contributed by atoms with van der Waals surface area (Å²) in [5.41, 5.74) is 4.44. The van der Waals surface area contributed by atoms with Crippen molar-refractivity contribution in [3.8, 4) is 0 Å². The molecule has 0 spiro atoms. The molecule has 1 aromatic heterocycles. The van der Waals surface area contributed by atoms with E-state index in [9.17, 15) is 4.79 Å². The normalized spacial score (nSPS) is 17.3. The number of halogens is 2. The zero-order valence-corrected chi connectivity index (χ0v) is 19.4. The Hall–Kier alpha value is -2.35. The number of carbonyl (C=O) groups is 2. The third-order valence-electron chi connectivity index (χ3n) is 6.04. The van der Waals surface area contributed by atoms with Gasteiger partial charge in [-0.2, -0.15) is 0 Å². The molecule has 2 aliphatic heterocycles. The molecule has 4 rings (SSSR count). The van der Waals surface area contributed by atoms with E-state index >= 15 is 0 Å². The number of piperidine rings is 1. The van der Waals surface area contributed by atoms with Gasteiger partial charge in [-0.15, -0.1) is 0 Å². The number of aliphatic carboxylic acids is 1. The molecule has 0 saturated carbocycles. The second-order valence-corrected chi connectivity index (χ2v) is 9.03. The Labute approximate surface area is 197 Å². The van der Waals surface area contributed by atoms with Crippen molar-refractivity contribution in [2.75, 3.05) is 31.1 Å². The molecule has 0 unspecified atom stereocenters. The number of nitrogens with zero attached hydrogens (tertiary/aromatic N) is 3. The molecule has 2 aliphatic rings. The molecule has 0 atom stereocenters. The fourth-order valence-corrected chi connectivity index (χ4v) is 5.02. The number of anilines is 1. The Balaban J connectivity index is 0.000000913. The van der Waals surface area contributed by atoms with Crippen LogP contribution in [0, 0.1) is 12.8 Å². The van der Waals surface area contributed by atoms with Crippen molar-refractivity contribution in [2.24, 2.45) is 5.92 Å². The molecule has 7 nitrogen and oxygen atoms in total. The van der Waals surface area contributed by atoms with Gasteiger partial charge in [0.2, 0.25) is 0 Å². The molecule has 3 heterocycles. The maximum absolute atomic E-state index is 11.1. The van der Waals surface area contributed by atoms with Crippen molar-refractivity contribution >= 4 is 41.3 Å². The van der Waals surface area contributed by atoms with E-state index in [1.54, 1.807) is 0 Å². The summed E-state index contributed by atoms with van der Waals surface area (Å²) in [5.74, 6) is -0.483. The number of pyridine rings is 1. The number of hydrogen-bond acceptors (Lipinski definition) is 5. The largest absolute Gasteiger partial charge is 0.483 e. The van der Waals surface area contributed by atoms with Crippen LogP contribution in [-0.2, 0) is 16.1 Å². The fraction of sp³-hybridized carbons (Fsp3) is 0.435. The Kier molecular flexibility index (Phi) is 8.34. The summed E-state index contributed by atoms with van der Waals surface area (Å²) < 4.78 is 0. The summed E-state index contributed by atoms with van der Waals surface area (Å²) in [6.07, 6.45) is 3.42. The van der Waals surface area contributed by atoms with Gasteiger partial charge < -0.3 is 15.1 Å². The van der Waals surface area contributed by atoms with Gasteiger partial charge in [0.05, 0.1) is 21.7 Å². The van der Waals surface area contributed by atoms with Gasteiger partial charge in [-0.05, 0) is 56.1 Å². The lowest BCUT2D eigenvalue weighted by Gasteiger charge is -2.42. The predicted octanol–water partition coefficient (Wildman–Crippen LogP) is 4.30. The first-order chi connectivity index (χ1) is 15.3. The predicted molar refractivity (Wildman–Crippen MR) is 125 cm³/mol. The molecule has 9 heteroatoms. The van der Waals surface area contributed by atoms with Crippen molar-refractivity contribution in [3.05, 3.63) is 57.3 Å². The van der Waals surface area contributed by atoms with E-state index in [0.29, 0.717) is 16.0 Å². The first kappa shape index (κ1) is 24.3. The minimum Gasteiger partial charge on any atom is -0.483 e. The highest BCUT2D eigenvalue weighted by atomic mass is 35.5. The van der Waals surface area contributed by atoms with Crippen molar-refractivity contribution in [2.45, 2.75) is 32.2 Å². The fourth-order valence-electron chi connectivity index (χ4n) is 4.38. The van der Waals surface area contributed by atoms with E-state index in [1.807, 2.05) is 24.4 Å². The van der Waals surface area contributed by atoms with Crippen molar-refractivity contribution < 1.29 is 19.8 Å². The molecule has 32 heavy (non-hydrogen) atoms. The quantitative estimate of drug-likeness (QED) is 0.617. The van der Waals surface area contributed by atoms with Crippen molar-refractivity contribution in [1.29, 1.82) is 0 Å². The molecule has 0 amide bonds. The monoisotopic (exact) mass is 479 g/mol. The van der Waals surface area contributed by atoms with Crippen LogP contribution in [0.25, 0.3) is 0 Å². The molecule has 172 valence electrons. The highest BCUT2D eigenvalue weighted by molar-refractivity contribution is 6.39. The molecule has 2 saturated heterocycles. The number of carboxylic acids is 1. The van der Waals surface area contributed by atoms with Gasteiger partial charge in [0.1, 0.15) is 0 Å². The standard InChI is InChI=1S/C22H25Cl2N3O2.CH2O2/c1-14-9-15(11-26-7-5-16(6-8-26)22(28)29)10-25-20(14)17-12-27(13-17)21-18(23)3-2-4-19(21)24;2-1-3/h2-4,9-10,16-17H,5-8,11-13H2,1H3,(H,28,29);1H,(H,2,3). The van der Waals surface area contributed by atoms with E-state index in [-0.39, 0.29) is 12.4 Å². The topological polar surface area (TPSA) is 94.0 Å². The first-order valence-corrected chi connectivity index (χ1v) is 11.3. The Morgan fingerprint density at radius 1 is 1.22 bits per heavy atom. The molecule has 2 aromatic rings. The summed E-state index contributed by atoms with van der Waals surface area (Å²) in [5, 5.41) is 17.4. The van der Waals surface area contributed by atoms with E-state index in [4.69, 9.17) is 43.2 Å². The van der Waals surface area contributed by atoms with Gasteiger partial charge in [-0.25, -0.2) is 0 Å². The van der Waals surface area contributed by atoms with E-state index in [1.165, 1.54) is 11.1 Å². The van der Waals surface area contributed by atoms with Crippen LogP contribution in [0.4, 0.5) is 5.69 Å². The molecule has 2 N–H and O–H groups in total. The highest BCUT2D eigenvalue weighted by Gasteiger charge is 2.32. The maximum Gasteiger partial charge on any atom is 0.306 e. The number of rotatable bonds is 5. The van der Waals surface area contributed by atoms with Crippen molar-refractivity contribution in [1.82, 2.24) is 9.88 Å². The van der Waals surface area contributed by atoms with Crippen LogP contribution in [0.2, 0.25) is 10.0 Å². The van der Waals surface area contributed by atoms with Crippen LogP contribution in [0.15, 0.2) is 30.5 Å². The van der Waals surface area contributed by atoms with Gasteiger partial charge in [0.15, 0.2) is 0 Å². The zero-order chi connectivity index (χ0) is 23.3. The molecule has 0 radical (unpaired) electrons. The van der Waals surface area contributed by atoms with Crippen LogP contribution >= 0.6 is 23.2 Å². The molecular formula is C23H27Cl2N3O4. The Bertz CT molecular complexity index is 938. The van der Waals surface area contributed by atoms with Gasteiger partial charge in [-0.3, -0.25) is 19.5 Å². The van der Waals surface area contributed by atoms with Crippen LogP contribution in [-0.4, -0.2) is 58.7 Å². The lowest BCUT2D eigenvalue weighted by molar-refractivity contribution is -0.143. The molecule has 0 bridgehead atoms. The van der Waals surface area contributed by atoms with Crippen LogP contribution < -0.4 is 4.90 Å². The highest BCUT2D eigenvalue weighted by Crippen LogP contribution is 2.40. The van der Waals surface area contributed by atoms with Crippen molar-refractivity contribution in [3.63, 3.8) is 0 Å². The first-order valence-electron chi connectivity index (χ1n) is 10.5. The number of hydrogen-bond donors (Lipinski definition) is 2. The molecule has 1 aromatic carbocycles. The van der Waals surface area contributed by atoms with Crippen LogP contribution in [0.1, 0.15) is 35.6 Å². The van der Waals surface area contributed by atoms with E-state index in [0.717, 1.165) is 56.9 Å². The minimum atomic E-state index is -0.667. The third-order valence-corrected chi connectivity index (χ3v) is 6.65. The lowest BCUT2D eigenvalue weighted by Crippen LogP contribution is -2.46. The number of aromatic nitrogens is 1. The Morgan fingerprint density at radius 3 is 2.34 bits per heavy atom. The second-order valence-electron chi connectivity index (χ2n) is 8.21. The van der Waals surface area contributed by atoms with Crippen LogP contribution in [0.3, 0.4) is 0 Å². The number of para-hydroxylation sites is 1. The van der Waals surface area contributed by atoms with Gasteiger partial charge in [-0.1, -0.05) is 35.3 Å². The smallest absolute Gasteiger partial charge is 0.306 e. The second kappa shape index (κ2) is 11.0. The van der Waals surface area contributed by atoms with Crippen LogP contribution in [0.5, 0.6) is 0 Å². The summed E-state index contributed by atoms with van der Waals surface area (Å²) in [7, 11) is 0.